The van der Waals surface area contributed by atoms with Crippen LogP contribution in [0.3, 0.4) is 0 Å². The Labute approximate surface area is 94.6 Å². The third-order valence-corrected chi connectivity index (χ3v) is 2.94. The average Bonchev–Trinajstić information content (AvgIpc) is 2.57. The maximum absolute atomic E-state index is 11.4. The molecule has 86 valence electrons. The van der Waals surface area contributed by atoms with Crippen molar-refractivity contribution in [1.29, 1.82) is 0 Å². The predicted octanol–water partition coefficient (Wildman–Crippen LogP) is 1.10. The molecule has 0 radical (unpaired) electrons. The number of hydrogen-bond acceptors (Lipinski definition) is 4. The standard InChI is InChI=1S/C12H16N2O2/c1-2-9-10(11(14)12(15)16-9)7-3-5-8(13)6-4-7/h3,5,11H,2,4,6,13-14H2,1H3. The van der Waals surface area contributed by atoms with Gasteiger partial charge in [-0.3, -0.25) is 0 Å². The van der Waals surface area contributed by atoms with Gasteiger partial charge in [0.2, 0.25) is 0 Å². The lowest BCUT2D eigenvalue weighted by Gasteiger charge is -2.15. The highest BCUT2D eigenvalue weighted by Crippen LogP contribution is 2.32. The van der Waals surface area contributed by atoms with E-state index in [0.717, 1.165) is 29.7 Å². The third kappa shape index (κ3) is 1.76. The number of carbonyl (C=O) groups excluding carboxylic acids is 1. The number of cyclic esters (lactones) is 1. The van der Waals surface area contributed by atoms with Crippen LogP contribution < -0.4 is 11.5 Å². The zero-order chi connectivity index (χ0) is 11.7. The quantitative estimate of drug-likeness (QED) is 0.683. The van der Waals surface area contributed by atoms with E-state index in [1.165, 1.54) is 0 Å². The molecule has 1 unspecified atom stereocenters. The van der Waals surface area contributed by atoms with Gasteiger partial charge in [0, 0.05) is 17.7 Å². The van der Waals surface area contributed by atoms with Crippen molar-refractivity contribution in [2.75, 3.05) is 0 Å². The van der Waals surface area contributed by atoms with E-state index in [9.17, 15) is 4.79 Å². The number of allylic oxidation sites excluding steroid dienone is 4. The van der Waals surface area contributed by atoms with Crippen LogP contribution in [-0.2, 0) is 9.53 Å². The smallest absolute Gasteiger partial charge is 0.332 e. The Bertz CT molecular complexity index is 419. The highest BCUT2D eigenvalue weighted by Gasteiger charge is 2.33. The molecule has 4 heteroatoms. The maximum atomic E-state index is 11.4. The molecule has 16 heavy (non-hydrogen) atoms. The minimum absolute atomic E-state index is 0.352. The van der Waals surface area contributed by atoms with E-state index < -0.39 is 6.04 Å². The molecule has 0 bridgehead atoms. The van der Waals surface area contributed by atoms with Crippen molar-refractivity contribution >= 4 is 5.97 Å². The van der Waals surface area contributed by atoms with Crippen molar-refractivity contribution in [1.82, 2.24) is 0 Å². The topological polar surface area (TPSA) is 78.3 Å². The summed E-state index contributed by atoms with van der Waals surface area (Å²) in [6.07, 6.45) is 6.13. The number of carbonyl (C=O) groups is 1. The van der Waals surface area contributed by atoms with Gasteiger partial charge in [-0.2, -0.15) is 0 Å². The first-order valence-electron chi connectivity index (χ1n) is 5.49. The van der Waals surface area contributed by atoms with Crippen molar-refractivity contribution in [3.8, 4) is 0 Å². The minimum Gasteiger partial charge on any atom is -0.429 e. The Morgan fingerprint density at radius 2 is 2.19 bits per heavy atom. The lowest BCUT2D eigenvalue weighted by atomic mass is 9.91. The molecule has 2 rings (SSSR count). The largest absolute Gasteiger partial charge is 0.429 e. The first-order chi connectivity index (χ1) is 7.63. The van der Waals surface area contributed by atoms with Gasteiger partial charge in [0.05, 0.1) is 0 Å². The van der Waals surface area contributed by atoms with E-state index in [2.05, 4.69) is 0 Å². The van der Waals surface area contributed by atoms with Gasteiger partial charge >= 0.3 is 5.97 Å². The summed E-state index contributed by atoms with van der Waals surface area (Å²) in [7, 11) is 0. The summed E-state index contributed by atoms with van der Waals surface area (Å²) in [5.41, 5.74) is 14.3. The average molecular weight is 220 g/mol. The molecule has 0 saturated carbocycles. The Hall–Kier alpha value is -1.55. The second-order valence-corrected chi connectivity index (χ2v) is 4.02. The molecular weight excluding hydrogens is 204 g/mol. The summed E-state index contributed by atoms with van der Waals surface area (Å²) in [5.74, 6) is 0.355. The van der Waals surface area contributed by atoms with Crippen LogP contribution in [0.2, 0.25) is 0 Å². The fraction of sp³-hybridized carbons (Fsp3) is 0.417. The van der Waals surface area contributed by atoms with Crippen LogP contribution in [0.25, 0.3) is 0 Å². The van der Waals surface area contributed by atoms with Crippen LogP contribution in [0.5, 0.6) is 0 Å². The van der Waals surface area contributed by atoms with Crippen LogP contribution in [0, 0.1) is 0 Å². The molecule has 0 saturated heterocycles. The Morgan fingerprint density at radius 1 is 1.44 bits per heavy atom. The molecule has 1 atom stereocenters. The molecule has 0 aromatic rings. The first kappa shape index (κ1) is 11.0. The highest BCUT2D eigenvalue weighted by atomic mass is 16.5. The molecule has 0 amide bonds. The van der Waals surface area contributed by atoms with Crippen molar-refractivity contribution in [3.05, 3.63) is 34.8 Å². The monoisotopic (exact) mass is 220 g/mol. The molecule has 1 aliphatic heterocycles. The van der Waals surface area contributed by atoms with Crippen molar-refractivity contribution < 1.29 is 9.53 Å². The highest BCUT2D eigenvalue weighted by molar-refractivity contribution is 5.85. The van der Waals surface area contributed by atoms with E-state index in [4.69, 9.17) is 16.2 Å². The van der Waals surface area contributed by atoms with Crippen LogP contribution in [0.1, 0.15) is 26.2 Å². The number of ether oxygens (including phenoxy) is 1. The summed E-state index contributed by atoms with van der Waals surface area (Å²) in [6.45, 7) is 1.95. The molecule has 2 aliphatic rings. The van der Waals surface area contributed by atoms with E-state index >= 15 is 0 Å². The van der Waals surface area contributed by atoms with Crippen LogP contribution in [0.4, 0.5) is 0 Å². The van der Waals surface area contributed by atoms with E-state index in [0.29, 0.717) is 12.2 Å². The molecule has 0 aromatic carbocycles. The van der Waals surface area contributed by atoms with Crippen LogP contribution in [0.15, 0.2) is 34.8 Å². The Morgan fingerprint density at radius 3 is 2.75 bits per heavy atom. The summed E-state index contributed by atoms with van der Waals surface area (Å²) < 4.78 is 5.14. The minimum atomic E-state index is -0.631. The molecule has 1 heterocycles. The SMILES string of the molecule is CCC1=C(C2=CC=C(N)CC2)C(N)C(=O)O1. The van der Waals surface area contributed by atoms with Gasteiger partial charge in [0.1, 0.15) is 11.8 Å². The summed E-state index contributed by atoms with van der Waals surface area (Å²) >= 11 is 0. The van der Waals surface area contributed by atoms with Gasteiger partial charge < -0.3 is 16.2 Å². The summed E-state index contributed by atoms with van der Waals surface area (Å²) in [4.78, 5) is 11.4. The lowest BCUT2D eigenvalue weighted by molar-refractivity contribution is -0.137. The fourth-order valence-electron chi connectivity index (χ4n) is 2.05. The zero-order valence-electron chi connectivity index (χ0n) is 9.32. The lowest BCUT2D eigenvalue weighted by Crippen LogP contribution is -2.29. The molecular formula is C12H16N2O2. The molecule has 4 N–H and O–H groups in total. The second kappa shape index (κ2) is 4.14. The molecule has 1 aliphatic carbocycles. The van der Waals surface area contributed by atoms with Gasteiger partial charge in [-0.25, -0.2) is 4.79 Å². The number of rotatable bonds is 2. The van der Waals surface area contributed by atoms with E-state index in [1.54, 1.807) is 0 Å². The fourth-order valence-corrected chi connectivity index (χ4v) is 2.05. The first-order valence-corrected chi connectivity index (χ1v) is 5.49. The van der Waals surface area contributed by atoms with Gasteiger partial charge in [-0.05, 0) is 24.5 Å². The summed E-state index contributed by atoms with van der Waals surface area (Å²) in [6, 6.07) is -0.631. The summed E-state index contributed by atoms with van der Waals surface area (Å²) in [5, 5.41) is 0. The van der Waals surface area contributed by atoms with Gasteiger partial charge in [0.25, 0.3) is 0 Å². The van der Waals surface area contributed by atoms with E-state index in [1.807, 2.05) is 19.1 Å². The number of esters is 1. The van der Waals surface area contributed by atoms with Crippen molar-refractivity contribution in [2.24, 2.45) is 11.5 Å². The van der Waals surface area contributed by atoms with Gasteiger partial charge in [0.15, 0.2) is 0 Å². The molecule has 4 nitrogen and oxygen atoms in total. The second-order valence-electron chi connectivity index (χ2n) is 4.02. The third-order valence-electron chi connectivity index (χ3n) is 2.94. The van der Waals surface area contributed by atoms with Crippen molar-refractivity contribution in [2.45, 2.75) is 32.2 Å². The van der Waals surface area contributed by atoms with Crippen LogP contribution >= 0.6 is 0 Å². The maximum Gasteiger partial charge on any atom is 0.332 e. The normalized spacial score (nSPS) is 25.4. The zero-order valence-corrected chi connectivity index (χ0v) is 9.32. The molecule has 0 fully saturated rings. The number of nitrogens with two attached hydrogens (primary N) is 2. The van der Waals surface area contributed by atoms with E-state index in [-0.39, 0.29) is 5.97 Å². The Kier molecular flexibility index (Phi) is 2.83. The van der Waals surface area contributed by atoms with Gasteiger partial charge in [-0.15, -0.1) is 0 Å². The molecule has 0 aromatic heterocycles. The predicted molar refractivity (Wildman–Crippen MR) is 61.0 cm³/mol. The Balaban J connectivity index is 2.35. The number of hydrogen-bond donors (Lipinski definition) is 2. The van der Waals surface area contributed by atoms with Gasteiger partial charge in [-0.1, -0.05) is 13.0 Å². The van der Waals surface area contributed by atoms with Crippen LogP contribution in [-0.4, -0.2) is 12.0 Å². The van der Waals surface area contributed by atoms with Crippen molar-refractivity contribution in [3.63, 3.8) is 0 Å². The molecule has 0 spiro atoms.